The van der Waals surface area contributed by atoms with Crippen molar-refractivity contribution in [1.29, 1.82) is 0 Å². The molecule has 2 atom stereocenters. The van der Waals surface area contributed by atoms with Gasteiger partial charge in [0.2, 0.25) is 0 Å². The molecule has 0 bridgehead atoms. The van der Waals surface area contributed by atoms with Gasteiger partial charge >= 0.3 is 0 Å². The van der Waals surface area contributed by atoms with Crippen LogP contribution in [0.3, 0.4) is 0 Å². The monoisotopic (exact) mass is 534 g/mol. The molecular weight excluding hydrogens is 495 g/mol. The van der Waals surface area contributed by atoms with Gasteiger partial charge in [-0.25, -0.2) is 0 Å². The van der Waals surface area contributed by atoms with E-state index in [4.69, 9.17) is 18.9 Å². The number of furan rings is 1. The molecule has 7 nitrogen and oxygen atoms in total. The van der Waals surface area contributed by atoms with E-state index in [1.807, 2.05) is 12.1 Å². The number of nitrogens with zero attached hydrogens (tertiary/aromatic N) is 2. The van der Waals surface area contributed by atoms with Crippen LogP contribution in [0.25, 0.3) is 0 Å². The van der Waals surface area contributed by atoms with Crippen molar-refractivity contribution < 1.29 is 13.9 Å². The first kappa shape index (κ1) is 25.4. The van der Waals surface area contributed by atoms with Crippen LogP contribution in [0.1, 0.15) is 38.9 Å². The summed E-state index contributed by atoms with van der Waals surface area (Å²) in [6.07, 6.45) is 6.27. The van der Waals surface area contributed by atoms with Crippen LogP contribution in [0.15, 0.2) is 27.8 Å². The maximum absolute atomic E-state index is 5.76. The molecule has 0 radical (unpaired) electrons. The molecule has 3 heterocycles. The van der Waals surface area contributed by atoms with E-state index in [0.717, 1.165) is 89.9 Å². The lowest BCUT2D eigenvalue weighted by molar-refractivity contribution is 0.0143. The molecule has 2 aliphatic rings. The molecule has 30 heavy (non-hydrogen) atoms. The maximum atomic E-state index is 5.76. The van der Waals surface area contributed by atoms with Crippen molar-refractivity contribution in [3.05, 3.63) is 24.2 Å². The lowest BCUT2D eigenvalue weighted by atomic mass is 10.0. The predicted octanol–water partition coefficient (Wildman–Crippen LogP) is 2.90. The summed E-state index contributed by atoms with van der Waals surface area (Å²) in [6.45, 7) is 11.5. The molecule has 1 aromatic rings. The van der Waals surface area contributed by atoms with Crippen LogP contribution in [-0.2, 0) is 15.9 Å². The number of ether oxygens (including phenoxy) is 2. The fraction of sp³-hybridized carbons (Fsp3) is 0.773. The van der Waals surface area contributed by atoms with Gasteiger partial charge in [-0.1, -0.05) is 13.8 Å². The van der Waals surface area contributed by atoms with E-state index in [-0.39, 0.29) is 30.1 Å². The number of hydrogen-bond donors (Lipinski definition) is 2. The van der Waals surface area contributed by atoms with Crippen LogP contribution in [0.2, 0.25) is 0 Å². The third kappa shape index (κ3) is 9.11. The van der Waals surface area contributed by atoms with Crippen molar-refractivity contribution >= 4 is 29.9 Å². The lowest BCUT2D eigenvalue weighted by Gasteiger charge is -2.34. The smallest absolute Gasteiger partial charge is 0.191 e. The highest BCUT2D eigenvalue weighted by atomic mass is 127. The van der Waals surface area contributed by atoms with Crippen LogP contribution in [0, 0.1) is 5.92 Å². The lowest BCUT2D eigenvalue weighted by Crippen LogP contribution is -2.47. The van der Waals surface area contributed by atoms with E-state index < -0.39 is 0 Å². The minimum absolute atomic E-state index is 0. The van der Waals surface area contributed by atoms with E-state index in [2.05, 4.69) is 29.4 Å². The highest BCUT2D eigenvalue weighted by Crippen LogP contribution is 2.14. The average Bonchev–Trinajstić information content (AvgIpc) is 3.43. The maximum Gasteiger partial charge on any atom is 0.191 e. The van der Waals surface area contributed by atoms with E-state index >= 15 is 0 Å². The molecule has 2 unspecified atom stereocenters. The zero-order valence-electron chi connectivity index (χ0n) is 18.5. The van der Waals surface area contributed by atoms with Gasteiger partial charge in [0.05, 0.1) is 32.1 Å². The van der Waals surface area contributed by atoms with Gasteiger partial charge in [0.15, 0.2) is 5.96 Å². The van der Waals surface area contributed by atoms with Crippen molar-refractivity contribution in [2.75, 3.05) is 52.5 Å². The molecule has 2 aliphatic heterocycles. The first-order chi connectivity index (χ1) is 14.2. The van der Waals surface area contributed by atoms with Gasteiger partial charge in [0.25, 0.3) is 0 Å². The minimum atomic E-state index is 0. The van der Waals surface area contributed by atoms with Gasteiger partial charge in [0.1, 0.15) is 5.76 Å². The number of guanidine groups is 1. The molecule has 0 spiro atoms. The summed E-state index contributed by atoms with van der Waals surface area (Å²) >= 11 is 0. The Kier molecular flexibility index (Phi) is 12.1. The quantitative estimate of drug-likeness (QED) is 0.274. The Labute approximate surface area is 198 Å². The largest absolute Gasteiger partial charge is 0.469 e. The number of nitrogens with one attached hydrogen (secondary N) is 2. The van der Waals surface area contributed by atoms with Gasteiger partial charge in [-0.3, -0.25) is 9.89 Å². The Hall–Kier alpha value is -0.840. The minimum Gasteiger partial charge on any atom is -0.469 e. The van der Waals surface area contributed by atoms with Gasteiger partial charge in [-0.15, -0.1) is 24.0 Å². The molecule has 0 aliphatic carbocycles. The Morgan fingerprint density at radius 2 is 2.07 bits per heavy atom. The number of morpholine rings is 1. The van der Waals surface area contributed by atoms with Crippen molar-refractivity contribution in [3.8, 4) is 0 Å². The van der Waals surface area contributed by atoms with Crippen LogP contribution in [-0.4, -0.2) is 75.5 Å². The van der Waals surface area contributed by atoms with E-state index in [1.54, 1.807) is 6.26 Å². The normalized spacial score (nSPS) is 21.4. The van der Waals surface area contributed by atoms with Crippen LogP contribution in [0.5, 0.6) is 0 Å². The molecule has 0 saturated carbocycles. The van der Waals surface area contributed by atoms with Crippen LogP contribution >= 0.6 is 24.0 Å². The molecule has 0 aromatic carbocycles. The molecule has 0 amide bonds. The topological polar surface area (TPSA) is 71.3 Å². The summed E-state index contributed by atoms with van der Waals surface area (Å²) in [7, 11) is 0. The second kappa shape index (κ2) is 14.3. The fourth-order valence-corrected chi connectivity index (χ4v) is 3.97. The average molecular weight is 534 g/mol. The number of aliphatic imine (C=N–C) groups is 1. The van der Waals surface area contributed by atoms with Crippen LogP contribution in [0.4, 0.5) is 0 Å². The summed E-state index contributed by atoms with van der Waals surface area (Å²) in [5.41, 5.74) is 0. The van der Waals surface area contributed by atoms with Gasteiger partial charge in [-0.2, -0.15) is 0 Å². The first-order valence-corrected chi connectivity index (χ1v) is 11.2. The second-order valence-corrected chi connectivity index (χ2v) is 8.39. The number of halogens is 1. The zero-order chi connectivity index (χ0) is 20.3. The molecule has 2 N–H and O–H groups in total. The van der Waals surface area contributed by atoms with Crippen molar-refractivity contribution in [2.24, 2.45) is 10.9 Å². The zero-order valence-corrected chi connectivity index (χ0v) is 20.8. The van der Waals surface area contributed by atoms with Gasteiger partial charge in [-0.05, 0) is 37.3 Å². The number of hydrogen-bond acceptors (Lipinski definition) is 5. The standard InChI is InChI=1S/C22H38N4O3.HI/c1-18(2)15-19(26-9-13-27-14-10-26)16-24-22(25-17-21-6-4-12-29-21)23-8-7-20-5-3-11-28-20;/h3,5,11,18-19,21H,4,6-10,12-17H2,1-2H3,(H2,23,24,25);1H. The molecule has 3 rings (SSSR count). The second-order valence-electron chi connectivity index (χ2n) is 8.39. The third-order valence-corrected chi connectivity index (χ3v) is 5.53. The Morgan fingerprint density at radius 3 is 2.73 bits per heavy atom. The molecule has 2 fully saturated rings. The van der Waals surface area contributed by atoms with E-state index in [9.17, 15) is 0 Å². The van der Waals surface area contributed by atoms with Crippen molar-refractivity contribution in [3.63, 3.8) is 0 Å². The van der Waals surface area contributed by atoms with E-state index in [1.165, 1.54) is 0 Å². The molecule has 1 aromatic heterocycles. The SMILES string of the molecule is CC(C)CC(CN=C(NCCc1ccco1)NCC1CCCO1)N1CCOCC1.I. The summed E-state index contributed by atoms with van der Waals surface area (Å²) in [5, 5.41) is 6.97. The molecule has 2 saturated heterocycles. The Morgan fingerprint density at radius 1 is 1.23 bits per heavy atom. The fourth-order valence-electron chi connectivity index (χ4n) is 3.97. The number of rotatable bonds is 10. The van der Waals surface area contributed by atoms with Gasteiger partial charge in [0, 0.05) is 45.2 Å². The van der Waals surface area contributed by atoms with Crippen molar-refractivity contribution in [1.82, 2.24) is 15.5 Å². The van der Waals surface area contributed by atoms with E-state index in [0.29, 0.717) is 12.0 Å². The molecule has 172 valence electrons. The summed E-state index contributed by atoms with van der Waals surface area (Å²) in [5.74, 6) is 2.50. The summed E-state index contributed by atoms with van der Waals surface area (Å²) in [4.78, 5) is 7.49. The summed E-state index contributed by atoms with van der Waals surface area (Å²) in [6, 6.07) is 4.39. The highest BCUT2D eigenvalue weighted by Gasteiger charge is 2.22. The predicted molar refractivity (Wildman–Crippen MR) is 131 cm³/mol. The van der Waals surface area contributed by atoms with Crippen LogP contribution < -0.4 is 10.6 Å². The third-order valence-electron chi connectivity index (χ3n) is 5.53. The van der Waals surface area contributed by atoms with Gasteiger partial charge < -0.3 is 24.5 Å². The molecule has 8 heteroatoms. The summed E-state index contributed by atoms with van der Waals surface area (Å²) < 4.78 is 16.7. The van der Waals surface area contributed by atoms with Crippen molar-refractivity contribution in [2.45, 2.75) is 51.7 Å². The molecular formula is C22H39IN4O3. The Bertz CT molecular complexity index is 585. The Balaban J connectivity index is 0.00000320. The highest BCUT2D eigenvalue weighted by molar-refractivity contribution is 14.0. The first-order valence-electron chi connectivity index (χ1n) is 11.2.